The molecule has 8 nitrogen and oxygen atoms in total. The first-order chi connectivity index (χ1) is 24.7. The van der Waals surface area contributed by atoms with E-state index in [1.165, 1.54) is 105 Å². The second-order valence-electron chi connectivity index (χ2n) is 17.4. The van der Waals surface area contributed by atoms with Crippen LogP contribution in [0.25, 0.3) is 22.1 Å². The Morgan fingerprint density at radius 1 is 0.692 bits per heavy atom. The molecule has 0 spiro atoms. The Bertz CT molecular complexity index is 1690. The van der Waals surface area contributed by atoms with Gasteiger partial charge in [-0.05, 0) is 123 Å². The number of ether oxygens (including phenoxy) is 2. The summed E-state index contributed by atoms with van der Waals surface area (Å²) < 4.78 is 13.7. The Kier molecular flexibility index (Phi) is 13.2. The van der Waals surface area contributed by atoms with Gasteiger partial charge < -0.3 is 18.7 Å². The van der Waals surface area contributed by atoms with Gasteiger partial charge in [0.2, 0.25) is 0 Å². The third-order valence-corrected chi connectivity index (χ3v) is 18.5. The lowest BCUT2D eigenvalue weighted by molar-refractivity contribution is 0.118. The van der Waals surface area contributed by atoms with E-state index < -0.39 is 8.24 Å². The molecule has 4 aromatic heterocycles. The molecule has 2 aliphatic heterocycles. The standard InChI is InChI=1S/C24H39N3OSi.C18H25N3O.ClH/c1-24(2,3)29(4,5)27-13-11-20-17-21(18-25-23(20)27)19-7-9-22(10-8-19)26-12-6-15-28-16-14-26;1-8-21(9-11-22-10-1)17-4-2-14(3-5-17)16-12-15-6-7-19-18(15)20-13-16;/h11,13,17-19,22H,6-10,12,14-16H2,1-5H3;6-7,12-14,17H,1-5,8-11H2,(H,19,20);1H. The second kappa shape index (κ2) is 17.5. The number of hydrogen-bond donors (Lipinski definition) is 1. The molecule has 4 fully saturated rings. The summed E-state index contributed by atoms with van der Waals surface area (Å²) in [7, 11) is -1.64. The van der Waals surface area contributed by atoms with Crippen molar-refractivity contribution >= 4 is 42.7 Å². The molecule has 286 valence electrons. The first-order valence-corrected chi connectivity index (χ1v) is 23.2. The van der Waals surface area contributed by atoms with Gasteiger partial charge in [0.1, 0.15) is 11.3 Å². The normalized spacial score (nSPS) is 25.9. The maximum absolute atomic E-state index is 5.64. The van der Waals surface area contributed by atoms with E-state index >= 15 is 0 Å². The zero-order chi connectivity index (χ0) is 35.4. The minimum atomic E-state index is -1.64. The maximum atomic E-state index is 5.64. The van der Waals surface area contributed by atoms with E-state index in [2.05, 4.69) is 101 Å². The number of aromatic amines is 1. The van der Waals surface area contributed by atoms with Crippen molar-refractivity contribution in [3.63, 3.8) is 0 Å². The molecule has 4 aromatic rings. The fraction of sp³-hybridized carbons (Fsp3) is 0.667. The van der Waals surface area contributed by atoms with Gasteiger partial charge in [-0.15, -0.1) is 12.4 Å². The molecule has 2 saturated carbocycles. The number of nitrogens with one attached hydrogen (secondary N) is 1. The van der Waals surface area contributed by atoms with E-state index in [0.29, 0.717) is 16.9 Å². The van der Waals surface area contributed by atoms with Gasteiger partial charge in [0.15, 0.2) is 8.24 Å². The van der Waals surface area contributed by atoms with Crippen LogP contribution in [0, 0.1) is 0 Å². The average Bonchev–Trinajstić information content (AvgIpc) is 3.57. The highest BCUT2D eigenvalue weighted by Gasteiger charge is 2.38. The zero-order valence-electron chi connectivity index (χ0n) is 32.6. The lowest BCUT2D eigenvalue weighted by atomic mass is 9.81. The number of pyridine rings is 2. The first kappa shape index (κ1) is 39.4. The molecule has 0 amide bonds. The molecule has 4 aliphatic rings. The molecule has 1 N–H and O–H groups in total. The third-order valence-electron chi connectivity index (χ3n) is 13.3. The van der Waals surface area contributed by atoms with Crippen LogP contribution in [0.2, 0.25) is 18.1 Å². The Balaban J connectivity index is 0.000000181. The van der Waals surface area contributed by atoms with Crippen molar-refractivity contribution < 1.29 is 9.47 Å². The van der Waals surface area contributed by atoms with Crippen LogP contribution in [0.1, 0.15) is 108 Å². The average molecular weight is 750 g/mol. The minimum Gasteiger partial charge on any atom is -0.380 e. The van der Waals surface area contributed by atoms with E-state index in [-0.39, 0.29) is 12.4 Å². The predicted molar refractivity (Wildman–Crippen MR) is 220 cm³/mol. The predicted octanol–water partition coefficient (Wildman–Crippen LogP) is 9.37. The number of hydrogen-bond acceptors (Lipinski definition) is 6. The molecule has 10 heteroatoms. The van der Waals surface area contributed by atoms with Crippen molar-refractivity contribution in [1.82, 2.24) is 29.0 Å². The molecule has 2 saturated heterocycles. The molecule has 6 heterocycles. The quantitative estimate of drug-likeness (QED) is 0.205. The van der Waals surface area contributed by atoms with Crippen molar-refractivity contribution in [2.24, 2.45) is 0 Å². The maximum Gasteiger partial charge on any atom is 0.163 e. The highest BCUT2D eigenvalue weighted by molar-refractivity contribution is 6.79. The summed E-state index contributed by atoms with van der Waals surface area (Å²) in [4.78, 5) is 18.1. The minimum absolute atomic E-state index is 0. The van der Waals surface area contributed by atoms with Crippen LogP contribution in [0.15, 0.2) is 49.1 Å². The molecule has 0 bridgehead atoms. The number of nitrogens with zero attached hydrogens (tertiary/aromatic N) is 5. The van der Waals surface area contributed by atoms with Crippen molar-refractivity contribution in [3.8, 4) is 0 Å². The van der Waals surface area contributed by atoms with E-state index in [9.17, 15) is 0 Å². The highest BCUT2D eigenvalue weighted by Crippen LogP contribution is 2.40. The van der Waals surface area contributed by atoms with Crippen LogP contribution >= 0.6 is 12.4 Å². The van der Waals surface area contributed by atoms with Crippen LogP contribution in [-0.2, 0) is 9.47 Å². The van der Waals surface area contributed by atoms with Crippen molar-refractivity contribution in [3.05, 3.63) is 60.2 Å². The topological polar surface area (TPSA) is 71.4 Å². The van der Waals surface area contributed by atoms with Gasteiger partial charge in [-0.25, -0.2) is 9.97 Å². The summed E-state index contributed by atoms with van der Waals surface area (Å²) >= 11 is 0. The molecule has 2 aliphatic carbocycles. The van der Waals surface area contributed by atoms with Gasteiger partial charge in [0.25, 0.3) is 0 Å². The smallest absolute Gasteiger partial charge is 0.163 e. The lowest BCUT2D eigenvalue weighted by Crippen LogP contribution is -2.45. The van der Waals surface area contributed by atoms with Gasteiger partial charge in [-0.2, -0.15) is 0 Å². The number of H-pyrrole nitrogens is 1. The first-order valence-electron chi connectivity index (χ1n) is 20.2. The fourth-order valence-corrected chi connectivity index (χ4v) is 11.0. The number of aromatic nitrogens is 4. The van der Waals surface area contributed by atoms with Gasteiger partial charge >= 0.3 is 0 Å². The molecular weight excluding hydrogens is 684 g/mol. The van der Waals surface area contributed by atoms with Crippen molar-refractivity contribution in [1.29, 1.82) is 0 Å². The van der Waals surface area contributed by atoms with Crippen molar-refractivity contribution in [2.45, 2.75) is 127 Å². The van der Waals surface area contributed by atoms with Crippen LogP contribution in [0.4, 0.5) is 0 Å². The van der Waals surface area contributed by atoms with E-state index in [4.69, 9.17) is 14.5 Å². The fourth-order valence-electron chi connectivity index (χ4n) is 9.07. The molecule has 8 rings (SSSR count). The Hall–Kier alpha value is -2.27. The van der Waals surface area contributed by atoms with E-state index in [1.54, 1.807) is 0 Å². The molecule has 0 radical (unpaired) electrons. The Morgan fingerprint density at radius 2 is 1.23 bits per heavy atom. The molecular formula is C42H65ClN6O2Si. The number of rotatable bonds is 5. The summed E-state index contributed by atoms with van der Waals surface area (Å²) in [5.74, 6) is 1.36. The molecule has 52 heavy (non-hydrogen) atoms. The summed E-state index contributed by atoms with van der Waals surface area (Å²) in [5.41, 5.74) is 5.05. The second-order valence-corrected chi connectivity index (χ2v) is 22.5. The number of fused-ring (bicyclic) bond motifs is 2. The number of halogens is 1. The van der Waals surface area contributed by atoms with Crippen LogP contribution < -0.4 is 0 Å². The van der Waals surface area contributed by atoms with Crippen LogP contribution in [0.5, 0.6) is 0 Å². The highest BCUT2D eigenvalue weighted by atomic mass is 35.5. The van der Waals surface area contributed by atoms with Gasteiger partial charge in [-0.3, -0.25) is 9.80 Å². The van der Waals surface area contributed by atoms with Gasteiger partial charge in [0, 0.05) is 80.8 Å². The Labute approximate surface area is 319 Å². The Morgan fingerprint density at radius 3 is 1.79 bits per heavy atom. The van der Waals surface area contributed by atoms with Crippen molar-refractivity contribution in [2.75, 3.05) is 52.6 Å². The van der Waals surface area contributed by atoms with Crippen LogP contribution in [-0.4, -0.2) is 102 Å². The summed E-state index contributed by atoms with van der Waals surface area (Å²) in [6.07, 6.45) is 21.3. The monoisotopic (exact) mass is 748 g/mol. The van der Waals surface area contributed by atoms with E-state index in [0.717, 1.165) is 57.2 Å². The summed E-state index contributed by atoms with van der Waals surface area (Å²) in [5, 5.41) is 2.86. The largest absolute Gasteiger partial charge is 0.380 e. The molecule has 0 aromatic carbocycles. The summed E-state index contributed by atoms with van der Waals surface area (Å²) in [6, 6.07) is 10.7. The zero-order valence-corrected chi connectivity index (χ0v) is 34.4. The van der Waals surface area contributed by atoms with E-state index in [1.807, 2.05) is 6.20 Å². The van der Waals surface area contributed by atoms with Crippen LogP contribution in [0.3, 0.4) is 0 Å². The summed E-state index contributed by atoms with van der Waals surface area (Å²) in [6.45, 7) is 20.4. The third kappa shape index (κ3) is 8.98. The van der Waals surface area contributed by atoms with Gasteiger partial charge in [0.05, 0.1) is 13.2 Å². The molecule has 0 atom stereocenters. The van der Waals surface area contributed by atoms with Gasteiger partial charge in [-0.1, -0.05) is 33.9 Å². The lowest BCUT2D eigenvalue weighted by Gasteiger charge is -2.38. The SMILES string of the molecule is CC(C)(C)[Si](C)(C)n1ccc2cc(C3CCC(N4CCCOCC4)CC3)cnc21.Cl.c1cc2cc(C3CCC(N4CCCOCC4)CC3)cnc2[nH]1. The molecule has 0 unspecified atom stereocenters.